The molecule has 2 amide bonds. The molecule has 0 radical (unpaired) electrons. The summed E-state index contributed by atoms with van der Waals surface area (Å²) in [6, 6.07) is 10.2. The Labute approximate surface area is 224 Å². The number of hydrogen-bond acceptors (Lipinski definition) is 6. The number of nitrogen functional groups attached to an aromatic ring is 1. The van der Waals surface area contributed by atoms with Gasteiger partial charge in [-0.1, -0.05) is 43.0 Å². The number of anilines is 2. The maximum atomic E-state index is 12.8. The molecule has 3 aromatic heterocycles. The number of rotatable bonds is 6. The van der Waals surface area contributed by atoms with E-state index >= 15 is 0 Å². The number of piperidine rings is 1. The summed E-state index contributed by atoms with van der Waals surface area (Å²) in [7, 11) is 0. The van der Waals surface area contributed by atoms with Gasteiger partial charge in [-0.2, -0.15) is 5.10 Å². The molecule has 1 fully saturated rings. The van der Waals surface area contributed by atoms with Crippen LogP contribution in [0.2, 0.25) is 5.02 Å². The number of hydrogen-bond donors (Lipinski definition) is 2. The molecular formula is C28H26ClN7O2. The van der Waals surface area contributed by atoms with E-state index in [-0.39, 0.29) is 17.9 Å². The highest BCUT2D eigenvalue weighted by Gasteiger charge is 2.29. The van der Waals surface area contributed by atoms with Gasteiger partial charge in [0, 0.05) is 42.2 Å². The van der Waals surface area contributed by atoms with Crippen molar-refractivity contribution in [2.24, 2.45) is 0 Å². The lowest BCUT2D eigenvalue weighted by Gasteiger charge is -2.32. The zero-order chi connectivity index (χ0) is 26.8. The fraction of sp³-hybridized carbons (Fsp3) is 0.179. The standard InChI is InChI=1S/C28H26ClN7O2/c1-3-17-15-32-27(30)24-25(34-36(26(17)24)19-8-7-13-35(16-19)23(37)4-2)20-11-10-18(14-21(20)29)28(38)33-22-9-5-6-12-31-22/h3-6,9-12,14-15,19H,1-2,7-8,13,16H2,(H2,30,32)(H,31,33,38). The number of aromatic nitrogens is 4. The first-order chi connectivity index (χ1) is 18.4. The van der Waals surface area contributed by atoms with Crippen LogP contribution in [-0.4, -0.2) is 49.6 Å². The van der Waals surface area contributed by atoms with Crippen LogP contribution in [0.15, 0.2) is 68.0 Å². The Morgan fingerprint density at radius 2 is 2.03 bits per heavy atom. The number of nitrogens with zero attached hydrogens (tertiary/aromatic N) is 5. The van der Waals surface area contributed by atoms with Gasteiger partial charge in [0.1, 0.15) is 17.3 Å². The molecular weight excluding hydrogens is 502 g/mol. The third kappa shape index (κ3) is 4.64. The second-order valence-electron chi connectivity index (χ2n) is 8.97. The van der Waals surface area contributed by atoms with E-state index < -0.39 is 0 Å². The maximum absolute atomic E-state index is 12.8. The molecule has 4 aromatic rings. The molecule has 0 bridgehead atoms. The van der Waals surface area contributed by atoms with Gasteiger partial charge in [0.05, 0.1) is 22.0 Å². The molecule has 38 heavy (non-hydrogen) atoms. The maximum Gasteiger partial charge on any atom is 0.256 e. The van der Waals surface area contributed by atoms with E-state index in [0.29, 0.717) is 52.0 Å². The molecule has 1 aliphatic heterocycles. The van der Waals surface area contributed by atoms with Gasteiger partial charge >= 0.3 is 0 Å². The highest BCUT2D eigenvalue weighted by molar-refractivity contribution is 6.34. The quantitative estimate of drug-likeness (QED) is 0.341. The molecule has 0 spiro atoms. The first kappa shape index (κ1) is 25.2. The van der Waals surface area contributed by atoms with Crippen LogP contribution in [0.3, 0.4) is 0 Å². The van der Waals surface area contributed by atoms with E-state index in [0.717, 1.165) is 23.9 Å². The summed E-state index contributed by atoms with van der Waals surface area (Å²) < 4.78 is 1.90. The zero-order valence-electron chi connectivity index (χ0n) is 20.6. The molecule has 9 nitrogen and oxygen atoms in total. The molecule has 1 saturated heterocycles. The van der Waals surface area contributed by atoms with E-state index in [2.05, 4.69) is 28.4 Å². The van der Waals surface area contributed by atoms with Crippen molar-refractivity contribution in [2.45, 2.75) is 18.9 Å². The van der Waals surface area contributed by atoms with Crippen LogP contribution >= 0.6 is 11.6 Å². The Hall–Kier alpha value is -4.50. The number of pyridine rings is 2. The van der Waals surface area contributed by atoms with E-state index in [1.807, 2.05) is 4.68 Å². The minimum Gasteiger partial charge on any atom is -0.383 e. The summed E-state index contributed by atoms with van der Waals surface area (Å²) >= 11 is 6.73. The second-order valence-corrected chi connectivity index (χ2v) is 9.38. The lowest BCUT2D eigenvalue weighted by molar-refractivity contribution is -0.127. The van der Waals surface area contributed by atoms with Crippen LogP contribution < -0.4 is 11.1 Å². The number of fused-ring (bicyclic) bond motifs is 1. The third-order valence-electron chi connectivity index (χ3n) is 6.62. The molecule has 10 heteroatoms. The van der Waals surface area contributed by atoms with Crippen LogP contribution in [0, 0.1) is 0 Å². The van der Waals surface area contributed by atoms with Crippen molar-refractivity contribution >= 4 is 52.0 Å². The second kappa shape index (κ2) is 10.5. The van der Waals surface area contributed by atoms with Gasteiger partial charge in [0.15, 0.2) is 0 Å². The fourth-order valence-electron chi connectivity index (χ4n) is 4.78. The molecule has 1 atom stereocenters. The Balaban J connectivity index is 1.58. The average Bonchev–Trinajstić information content (AvgIpc) is 3.35. The Kier molecular flexibility index (Phi) is 6.93. The smallest absolute Gasteiger partial charge is 0.256 e. The Bertz CT molecular complexity index is 1560. The van der Waals surface area contributed by atoms with Crippen molar-refractivity contribution in [3.8, 4) is 11.3 Å². The normalized spacial score (nSPS) is 15.3. The van der Waals surface area contributed by atoms with E-state index in [1.54, 1.807) is 59.8 Å². The summed E-state index contributed by atoms with van der Waals surface area (Å²) in [4.78, 5) is 35.4. The van der Waals surface area contributed by atoms with E-state index in [4.69, 9.17) is 22.4 Å². The number of halogens is 1. The van der Waals surface area contributed by atoms with Gasteiger partial charge in [0.25, 0.3) is 5.91 Å². The van der Waals surface area contributed by atoms with Gasteiger partial charge in [0.2, 0.25) is 5.91 Å². The largest absolute Gasteiger partial charge is 0.383 e. The minimum absolute atomic E-state index is 0.0911. The van der Waals surface area contributed by atoms with Crippen molar-refractivity contribution in [2.75, 3.05) is 24.1 Å². The van der Waals surface area contributed by atoms with Crippen molar-refractivity contribution in [1.82, 2.24) is 24.6 Å². The lowest BCUT2D eigenvalue weighted by atomic mass is 10.0. The SMILES string of the molecule is C=CC(=O)N1CCCC(n2nc(-c3ccc(C(=O)Nc4ccccn4)cc3Cl)c3c(N)ncc(C=C)c32)C1. The predicted molar refractivity (Wildman–Crippen MR) is 150 cm³/mol. The number of likely N-dealkylation sites (tertiary alicyclic amines) is 1. The zero-order valence-corrected chi connectivity index (χ0v) is 21.4. The molecule has 1 aromatic carbocycles. The average molecular weight is 528 g/mol. The summed E-state index contributed by atoms with van der Waals surface area (Å²) in [5, 5.41) is 8.70. The van der Waals surface area contributed by atoms with Crippen molar-refractivity contribution in [1.29, 1.82) is 0 Å². The molecule has 3 N–H and O–H groups in total. The predicted octanol–water partition coefficient (Wildman–Crippen LogP) is 4.97. The molecule has 1 unspecified atom stereocenters. The van der Waals surface area contributed by atoms with Crippen LogP contribution in [0.5, 0.6) is 0 Å². The monoisotopic (exact) mass is 527 g/mol. The first-order valence-electron chi connectivity index (χ1n) is 12.1. The Morgan fingerprint density at radius 3 is 2.74 bits per heavy atom. The van der Waals surface area contributed by atoms with Crippen LogP contribution in [0.4, 0.5) is 11.6 Å². The molecule has 0 saturated carbocycles. The van der Waals surface area contributed by atoms with Crippen molar-refractivity contribution in [3.63, 3.8) is 0 Å². The van der Waals surface area contributed by atoms with Gasteiger partial charge in [-0.3, -0.25) is 14.3 Å². The highest BCUT2D eigenvalue weighted by Crippen LogP contribution is 2.39. The van der Waals surface area contributed by atoms with Gasteiger partial charge in [-0.15, -0.1) is 0 Å². The topological polar surface area (TPSA) is 119 Å². The minimum atomic E-state index is -0.336. The van der Waals surface area contributed by atoms with E-state index in [1.165, 1.54) is 6.08 Å². The number of benzene rings is 1. The lowest BCUT2D eigenvalue weighted by Crippen LogP contribution is -2.40. The summed E-state index contributed by atoms with van der Waals surface area (Å²) in [5.74, 6) is 0.292. The molecule has 192 valence electrons. The van der Waals surface area contributed by atoms with Crippen LogP contribution in [0.1, 0.15) is 34.8 Å². The summed E-state index contributed by atoms with van der Waals surface area (Å²) in [5.41, 5.74) is 9.44. The van der Waals surface area contributed by atoms with Crippen LogP contribution in [-0.2, 0) is 4.79 Å². The Morgan fingerprint density at radius 1 is 1.18 bits per heavy atom. The third-order valence-corrected chi connectivity index (χ3v) is 6.94. The van der Waals surface area contributed by atoms with Crippen molar-refractivity contribution < 1.29 is 9.59 Å². The summed E-state index contributed by atoms with van der Waals surface area (Å²) in [6.45, 7) is 8.72. The number of carbonyl (C=O) groups excluding carboxylic acids is 2. The fourth-order valence-corrected chi connectivity index (χ4v) is 5.05. The van der Waals surface area contributed by atoms with Crippen molar-refractivity contribution in [3.05, 3.63) is 84.2 Å². The molecule has 5 rings (SSSR count). The molecule has 0 aliphatic carbocycles. The molecule has 4 heterocycles. The highest BCUT2D eigenvalue weighted by atomic mass is 35.5. The number of amides is 2. The number of nitrogens with one attached hydrogen (secondary N) is 1. The van der Waals surface area contributed by atoms with Gasteiger partial charge in [-0.05, 0) is 43.2 Å². The first-order valence-corrected chi connectivity index (χ1v) is 12.5. The van der Waals surface area contributed by atoms with Gasteiger partial charge in [-0.25, -0.2) is 9.97 Å². The van der Waals surface area contributed by atoms with E-state index in [9.17, 15) is 9.59 Å². The summed E-state index contributed by atoms with van der Waals surface area (Å²) in [6.07, 6.45) is 7.95. The van der Waals surface area contributed by atoms with Crippen LogP contribution in [0.25, 0.3) is 28.2 Å². The van der Waals surface area contributed by atoms with Gasteiger partial charge < -0.3 is 16.0 Å². The number of carbonyl (C=O) groups is 2. The number of nitrogens with two attached hydrogens (primary N) is 1. The molecule has 1 aliphatic rings.